The Bertz CT molecular complexity index is 566. The van der Waals surface area contributed by atoms with E-state index in [0.29, 0.717) is 29.5 Å². The summed E-state index contributed by atoms with van der Waals surface area (Å²) >= 11 is 0. The lowest BCUT2D eigenvalue weighted by molar-refractivity contribution is -0.0747. The van der Waals surface area contributed by atoms with Crippen molar-refractivity contribution in [1.82, 2.24) is 15.2 Å². The van der Waals surface area contributed by atoms with E-state index in [1.807, 2.05) is 0 Å². The van der Waals surface area contributed by atoms with Gasteiger partial charge in [0.05, 0.1) is 30.9 Å². The molecule has 6 heteroatoms. The van der Waals surface area contributed by atoms with Crippen molar-refractivity contribution in [1.29, 1.82) is 0 Å². The van der Waals surface area contributed by atoms with Crippen molar-refractivity contribution in [2.45, 2.75) is 37.5 Å². The monoisotopic (exact) mass is 317 g/mol. The van der Waals surface area contributed by atoms with Gasteiger partial charge in [-0.2, -0.15) is 0 Å². The smallest absolute Gasteiger partial charge is 0.253 e. The first-order valence-electron chi connectivity index (χ1n) is 8.44. The highest BCUT2D eigenvalue weighted by Crippen LogP contribution is 2.42. The predicted molar refractivity (Wildman–Crippen MR) is 84.5 cm³/mol. The van der Waals surface area contributed by atoms with Crippen LogP contribution in [-0.2, 0) is 4.74 Å². The summed E-state index contributed by atoms with van der Waals surface area (Å²) in [6.07, 6.45) is 5.40. The lowest BCUT2D eigenvalue weighted by Crippen LogP contribution is -2.70. The van der Waals surface area contributed by atoms with Gasteiger partial charge in [0.25, 0.3) is 5.91 Å². The van der Waals surface area contributed by atoms with Crippen LogP contribution in [0.1, 0.15) is 29.6 Å². The van der Waals surface area contributed by atoms with Crippen LogP contribution in [0, 0.1) is 5.92 Å². The summed E-state index contributed by atoms with van der Waals surface area (Å²) < 4.78 is 10.9. The van der Waals surface area contributed by atoms with Crippen molar-refractivity contribution in [3.63, 3.8) is 0 Å². The maximum atomic E-state index is 12.5. The van der Waals surface area contributed by atoms with E-state index in [0.717, 1.165) is 26.1 Å². The van der Waals surface area contributed by atoms with Crippen LogP contribution in [0.3, 0.4) is 0 Å². The number of carbonyl (C=O) groups excluding carboxylic acids is 1. The van der Waals surface area contributed by atoms with E-state index < -0.39 is 0 Å². The van der Waals surface area contributed by atoms with Crippen LogP contribution in [0.15, 0.2) is 18.3 Å². The minimum atomic E-state index is -0.0558. The minimum absolute atomic E-state index is 0.0558. The third-order valence-corrected chi connectivity index (χ3v) is 5.42. The van der Waals surface area contributed by atoms with E-state index in [9.17, 15) is 4.79 Å². The normalized spacial score (nSPS) is 33.1. The van der Waals surface area contributed by atoms with Crippen molar-refractivity contribution >= 4 is 5.91 Å². The highest BCUT2D eigenvalue weighted by molar-refractivity contribution is 5.94. The van der Waals surface area contributed by atoms with Crippen molar-refractivity contribution < 1.29 is 14.3 Å². The zero-order chi connectivity index (χ0) is 15.8. The second kappa shape index (κ2) is 6.09. The van der Waals surface area contributed by atoms with Crippen LogP contribution in [0.4, 0.5) is 0 Å². The van der Waals surface area contributed by atoms with E-state index in [4.69, 9.17) is 9.47 Å². The van der Waals surface area contributed by atoms with E-state index in [1.54, 1.807) is 25.4 Å². The molecule has 3 heterocycles. The van der Waals surface area contributed by atoms with E-state index in [-0.39, 0.29) is 11.9 Å². The Morgan fingerprint density at radius 3 is 2.91 bits per heavy atom. The topological polar surface area (TPSA) is 63.7 Å². The third kappa shape index (κ3) is 2.60. The molecule has 3 aliphatic rings. The molecule has 0 unspecified atom stereocenters. The summed E-state index contributed by atoms with van der Waals surface area (Å²) in [4.78, 5) is 19.1. The fraction of sp³-hybridized carbons (Fsp3) is 0.647. The number of carbonyl (C=O) groups is 1. The highest BCUT2D eigenvalue weighted by atomic mass is 16.5. The number of amides is 1. The fourth-order valence-electron chi connectivity index (χ4n) is 4.21. The maximum Gasteiger partial charge on any atom is 0.253 e. The van der Waals surface area contributed by atoms with Gasteiger partial charge in [-0.1, -0.05) is 0 Å². The molecule has 23 heavy (non-hydrogen) atoms. The summed E-state index contributed by atoms with van der Waals surface area (Å²) in [5.74, 6) is 0.917. The summed E-state index contributed by atoms with van der Waals surface area (Å²) in [5.41, 5.74) is 0.577. The van der Waals surface area contributed by atoms with E-state index in [2.05, 4.69) is 15.2 Å². The zero-order valence-corrected chi connectivity index (χ0v) is 13.4. The molecule has 1 aromatic heterocycles. The molecule has 1 N–H and O–H groups in total. The molecule has 6 nitrogen and oxygen atoms in total. The van der Waals surface area contributed by atoms with Gasteiger partial charge >= 0.3 is 0 Å². The number of nitrogens with zero attached hydrogens (tertiary/aromatic N) is 2. The Hall–Kier alpha value is -1.66. The second-order valence-corrected chi connectivity index (χ2v) is 6.61. The molecule has 2 aliphatic heterocycles. The second-order valence-electron chi connectivity index (χ2n) is 6.61. The highest BCUT2D eigenvalue weighted by Gasteiger charge is 2.56. The minimum Gasteiger partial charge on any atom is -0.481 e. The van der Waals surface area contributed by atoms with Crippen molar-refractivity contribution in [3.05, 3.63) is 23.9 Å². The molecular weight excluding hydrogens is 294 g/mol. The Kier molecular flexibility index (Phi) is 3.95. The summed E-state index contributed by atoms with van der Waals surface area (Å²) in [5, 5.41) is 3.23. The number of nitrogens with one attached hydrogen (secondary N) is 1. The van der Waals surface area contributed by atoms with Crippen molar-refractivity contribution in [3.8, 4) is 5.88 Å². The number of hydrogen-bond donors (Lipinski definition) is 1. The molecule has 4 atom stereocenters. The van der Waals surface area contributed by atoms with Gasteiger partial charge in [0, 0.05) is 24.8 Å². The maximum absolute atomic E-state index is 12.5. The molecule has 1 amide bonds. The van der Waals surface area contributed by atoms with Crippen LogP contribution >= 0.6 is 0 Å². The van der Waals surface area contributed by atoms with Crippen LogP contribution in [0.5, 0.6) is 5.88 Å². The third-order valence-electron chi connectivity index (χ3n) is 5.42. The first kappa shape index (κ1) is 14.9. The van der Waals surface area contributed by atoms with Gasteiger partial charge in [0.15, 0.2) is 0 Å². The van der Waals surface area contributed by atoms with Crippen LogP contribution in [0.2, 0.25) is 0 Å². The quantitative estimate of drug-likeness (QED) is 0.900. The van der Waals surface area contributed by atoms with Crippen LogP contribution in [-0.4, -0.2) is 60.8 Å². The molecule has 2 saturated heterocycles. The summed E-state index contributed by atoms with van der Waals surface area (Å²) in [7, 11) is 1.57. The Labute approximate surface area is 136 Å². The van der Waals surface area contributed by atoms with Crippen molar-refractivity contribution in [2.24, 2.45) is 5.92 Å². The van der Waals surface area contributed by atoms with Gasteiger partial charge < -0.3 is 14.8 Å². The lowest BCUT2D eigenvalue weighted by atomic mass is 9.70. The number of ether oxygens (including phenoxy) is 2. The van der Waals surface area contributed by atoms with E-state index in [1.165, 1.54) is 12.8 Å². The summed E-state index contributed by atoms with van der Waals surface area (Å²) in [6, 6.07) is 4.00. The number of pyridine rings is 1. The Morgan fingerprint density at radius 2 is 2.22 bits per heavy atom. The number of hydrogen-bond acceptors (Lipinski definition) is 5. The van der Waals surface area contributed by atoms with E-state index >= 15 is 0 Å². The van der Waals surface area contributed by atoms with Gasteiger partial charge in [-0.15, -0.1) is 0 Å². The molecule has 124 valence electrons. The van der Waals surface area contributed by atoms with Crippen LogP contribution < -0.4 is 10.1 Å². The fourth-order valence-corrected chi connectivity index (χ4v) is 4.21. The van der Waals surface area contributed by atoms with Gasteiger partial charge in [-0.05, 0) is 38.4 Å². The molecular formula is C17H23N3O3. The Balaban J connectivity index is 1.46. The molecule has 0 aromatic carbocycles. The standard InChI is InChI=1S/C17H23N3O3/c1-22-13-5-4-11(10-18-13)17(21)19-14-12-6-9-23-16(12)15(14)20-7-2-3-8-20/h4-5,10,12,14-16H,2-3,6-9H2,1H3,(H,19,21)/t12-,14+,15-,16-/m1/s1. The molecule has 3 fully saturated rings. The summed E-state index contributed by atoms with van der Waals surface area (Å²) in [6.45, 7) is 3.05. The number of methoxy groups -OCH3 is 1. The average Bonchev–Trinajstić information content (AvgIpc) is 3.23. The number of rotatable bonds is 4. The number of aromatic nitrogens is 1. The van der Waals surface area contributed by atoms with Gasteiger partial charge in [0.2, 0.25) is 5.88 Å². The Morgan fingerprint density at radius 1 is 1.39 bits per heavy atom. The van der Waals surface area contributed by atoms with Crippen LogP contribution in [0.25, 0.3) is 0 Å². The molecule has 4 rings (SSSR count). The lowest BCUT2D eigenvalue weighted by Gasteiger charge is -2.51. The van der Waals surface area contributed by atoms with Crippen molar-refractivity contribution in [2.75, 3.05) is 26.8 Å². The number of likely N-dealkylation sites (tertiary alicyclic amines) is 1. The molecule has 0 bridgehead atoms. The average molecular weight is 317 g/mol. The molecule has 1 aromatic rings. The van der Waals surface area contributed by atoms with Gasteiger partial charge in [0.1, 0.15) is 0 Å². The SMILES string of the molecule is COc1ccc(C(=O)N[C@H]2[C@H]3CCO[C@H]3[C@@H]2N2CCCC2)cn1. The first-order chi connectivity index (χ1) is 11.3. The van der Waals surface area contributed by atoms with Gasteiger partial charge in [-0.3, -0.25) is 9.69 Å². The first-order valence-corrected chi connectivity index (χ1v) is 8.44. The zero-order valence-electron chi connectivity index (χ0n) is 13.4. The molecule has 1 aliphatic carbocycles. The number of fused-ring (bicyclic) bond motifs is 1. The largest absolute Gasteiger partial charge is 0.481 e. The molecule has 0 spiro atoms. The van der Waals surface area contributed by atoms with Gasteiger partial charge in [-0.25, -0.2) is 4.98 Å². The predicted octanol–water partition coefficient (Wildman–Crippen LogP) is 1.07. The molecule has 0 radical (unpaired) electrons. The molecule has 1 saturated carbocycles.